The fraction of sp³-hybridized carbons (Fsp3) is 0.222. The first-order chi connectivity index (χ1) is 6.74. The molecule has 1 aromatic rings. The fourth-order valence-electron chi connectivity index (χ4n) is 0.946. The number of anilines is 1. The average Bonchev–Trinajstić information content (AvgIpc) is 2.18. The summed E-state index contributed by atoms with van der Waals surface area (Å²) in [6, 6.07) is 0. The molecule has 0 saturated heterocycles. The third-order valence-corrected chi connectivity index (χ3v) is 1.48. The van der Waals surface area contributed by atoms with Gasteiger partial charge < -0.3 is 10.0 Å². The minimum absolute atomic E-state index is 0.178. The number of hydrogen-bond donors (Lipinski definition) is 1. The Hall–Kier alpha value is -2.09. The molecule has 5 nitrogen and oxygen atoms in total. The lowest BCUT2D eigenvalue weighted by Crippen LogP contribution is -2.30. The van der Waals surface area contributed by atoms with Gasteiger partial charge in [0.25, 0.3) is 0 Å². The lowest BCUT2D eigenvalue weighted by molar-refractivity contribution is -0.135. The number of carboxylic acids is 1. The monoisotopic (exact) mass is 191 g/mol. The topological polar surface area (TPSA) is 66.3 Å². The van der Waals surface area contributed by atoms with Crippen LogP contribution in [0.2, 0.25) is 0 Å². The molecule has 1 rings (SSSR count). The Labute approximate surface area is 81.4 Å². The van der Waals surface area contributed by atoms with Gasteiger partial charge in [-0.05, 0) is 0 Å². The van der Waals surface area contributed by atoms with Crippen LogP contribution in [0, 0.1) is 12.3 Å². The van der Waals surface area contributed by atoms with Gasteiger partial charge in [-0.3, -0.25) is 9.78 Å². The smallest absolute Gasteiger partial charge is 0.323 e. The number of hydrogen-bond acceptors (Lipinski definition) is 4. The van der Waals surface area contributed by atoms with E-state index < -0.39 is 5.97 Å². The second-order valence-corrected chi connectivity index (χ2v) is 2.52. The van der Waals surface area contributed by atoms with Crippen LogP contribution in [0.1, 0.15) is 0 Å². The summed E-state index contributed by atoms with van der Waals surface area (Å²) in [4.78, 5) is 19.7. The van der Waals surface area contributed by atoms with E-state index in [9.17, 15) is 4.79 Å². The highest BCUT2D eigenvalue weighted by molar-refractivity contribution is 5.73. The van der Waals surface area contributed by atoms with Crippen molar-refractivity contribution in [1.29, 1.82) is 0 Å². The van der Waals surface area contributed by atoms with Crippen molar-refractivity contribution < 1.29 is 9.90 Å². The predicted molar refractivity (Wildman–Crippen MR) is 50.7 cm³/mol. The Balaban J connectivity index is 2.78. The van der Waals surface area contributed by atoms with E-state index in [1.54, 1.807) is 0 Å². The Kier molecular flexibility index (Phi) is 3.44. The van der Waals surface area contributed by atoms with Gasteiger partial charge in [-0.2, -0.15) is 0 Å². The van der Waals surface area contributed by atoms with Gasteiger partial charge in [-0.25, -0.2) is 4.98 Å². The van der Waals surface area contributed by atoms with Gasteiger partial charge >= 0.3 is 5.97 Å². The van der Waals surface area contributed by atoms with Gasteiger partial charge in [0.1, 0.15) is 12.4 Å². The number of rotatable bonds is 4. The summed E-state index contributed by atoms with van der Waals surface area (Å²) in [5.41, 5.74) is 0. The number of carbonyl (C=O) groups is 1. The first-order valence-electron chi connectivity index (χ1n) is 3.90. The summed E-state index contributed by atoms with van der Waals surface area (Å²) < 4.78 is 0. The van der Waals surface area contributed by atoms with E-state index in [0.29, 0.717) is 5.82 Å². The van der Waals surface area contributed by atoms with Crippen LogP contribution in [0.15, 0.2) is 18.6 Å². The molecule has 5 heteroatoms. The van der Waals surface area contributed by atoms with E-state index in [0.717, 1.165) is 0 Å². The molecule has 0 amide bonds. The van der Waals surface area contributed by atoms with Crippen LogP contribution in [0.5, 0.6) is 0 Å². The summed E-state index contributed by atoms with van der Waals surface area (Å²) >= 11 is 0. The molecular formula is C9H9N3O2. The second kappa shape index (κ2) is 4.82. The molecule has 1 aromatic heterocycles. The highest BCUT2D eigenvalue weighted by Crippen LogP contribution is 2.05. The summed E-state index contributed by atoms with van der Waals surface area (Å²) in [5, 5.41) is 8.61. The highest BCUT2D eigenvalue weighted by atomic mass is 16.4. The van der Waals surface area contributed by atoms with Gasteiger partial charge in [0, 0.05) is 12.4 Å². The lowest BCUT2D eigenvalue weighted by Gasteiger charge is -2.17. The van der Waals surface area contributed by atoms with Crippen molar-refractivity contribution in [2.75, 3.05) is 18.0 Å². The van der Waals surface area contributed by atoms with Crippen LogP contribution in [-0.4, -0.2) is 34.1 Å². The summed E-state index contributed by atoms with van der Waals surface area (Å²) in [7, 11) is 0. The Morgan fingerprint density at radius 2 is 2.43 bits per heavy atom. The van der Waals surface area contributed by atoms with Crippen molar-refractivity contribution in [3.05, 3.63) is 18.6 Å². The van der Waals surface area contributed by atoms with Crippen LogP contribution in [0.4, 0.5) is 5.82 Å². The molecule has 0 fully saturated rings. The minimum Gasteiger partial charge on any atom is -0.480 e. The molecule has 0 bridgehead atoms. The Morgan fingerprint density at radius 1 is 1.64 bits per heavy atom. The van der Waals surface area contributed by atoms with Crippen molar-refractivity contribution in [3.8, 4) is 12.3 Å². The van der Waals surface area contributed by atoms with Crippen molar-refractivity contribution in [2.24, 2.45) is 0 Å². The molecule has 0 aromatic carbocycles. The van der Waals surface area contributed by atoms with Crippen LogP contribution >= 0.6 is 0 Å². The van der Waals surface area contributed by atoms with Gasteiger partial charge in [0.05, 0.1) is 12.7 Å². The maximum atomic E-state index is 10.5. The zero-order valence-electron chi connectivity index (χ0n) is 7.42. The zero-order chi connectivity index (χ0) is 10.4. The summed E-state index contributed by atoms with van der Waals surface area (Å²) in [6.07, 6.45) is 9.58. The SMILES string of the molecule is C#CCN(CC(=O)O)c1cnccn1. The molecule has 72 valence electrons. The third kappa shape index (κ3) is 2.75. The van der Waals surface area contributed by atoms with Crippen molar-refractivity contribution in [1.82, 2.24) is 9.97 Å². The summed E-state index contributed by atoms with van der Waals surface area (Å²) in [5.74, 6) is 1.88. The first kappa shape index (κ1) is 9.99. The van der Waals surface area contributed by atoms with Crippen LogP contribution in [0.25, 0.3) is 0 Å². The van der Waals surface area contributed by atoms with Crippen LogP contribution in [-0.2, 0) is 4.79 Å². The number of aliphatic carboxylic acids is 1. The zero-order valence-corrected chi connectivity index (χ0v) is 7.42. The molecule has 0 unspecified atom stereocenters. The lowest BCUT2D eigenvalue weighted by atomic mass is 10.4. The van der Waals surface area contributed by atoms with E-state index >= 15 is 0 Å². The number of aromatic nitrogens is 2. The van der Waals surface area contributed by atoms with E-state index in [-0.39, 0.29) is 13.1 Å². The molecule has 0 radical (unpaired) electrons. The van der Waals surface area contributed by atoms with E-state index in [1.807, 2.05) is 0 Å². The number of terminal acetylenes is 1. The molecule has 0 aliphatic rings. The van der Waals surface area contributed by atoms with Gasteiger partial charge in [-0.1, -0.05) is 5.92 Å². The van der Waals surface area contributed by atoms with Crippen molar-refractivity contribution in [2.45, 2.75) is 0 Å². The van der Waals surface area contributed by atoms with E-state index in [2.05, 4.69) is 15.9 Å². The Bertz CT molecular complexity index is 345. The largest absolute Gasteiger partial charge is 0.480 e. The number of nitrogens with zero attached hydrogens (tertiary/aromatic N) is 3. The number of carboxylic acid groups (broad SMARTS) is 1. The van der Waals surface area contributed by atoms with E-state index in [1.165, 1.54) is 23.5 Å². The minimum atomic E-state index is -0.953. The van der Waals surface area contributed by atoms with Crippen LogP contribution in [0.3, 0.4) is 0 Å². The molecule has 0 atom stereocenters. The molecule has 0 aliphatic carbocycles. The third-order valence-electron chi connectivity index (χ3n) is 1.48. The summed E-state index contributed by atoms with van der Waals surface area (Å²) in [6.45, 7) is 0.0217. The standard InChI is InChI=1S/C9H9N3O2/c1-2-5-12(7-9(13)14)8-6-10-3-4-11-8/h1,3-4,6H,5,7H2,(H,13,14). The predicted octanol–water partition coefficient (Wildman–Crippen LogP) is 0.000800. The molecule has 1 N–H and O–H groups in total. The molecular weight excluding hydrogens is 182 g/mol. The molecule has 1 heterocycles. The van der Waals surface area contributed by atoms with Gasteiger partial charge in [0.2, 0.25) is 0 Å². The molecule has 0 aliphatic heterocycles. The van der Waals surface area contributed by atoms with E-state index in [4.69, 9.17) is 11.5 Å². The normalized spacial score (nSPS) is 9.07. The maximum absolute atomic E-state index is 10.5. The molecule has 0 spiro atoms. The second-order valence-electron chi connectivity index (χ2n) is 2.52. The van der Waals surface area contributed by atoms with Gasteiger partial charge in [0.15, 0.2) is 0 Å². The highest BCUT2D eigenvalue weighted by Gasteiger charge is 2.09. The maximum Gasteiger partial charge on any atom is 0.323 e. The molecule has 14 heavy (non-hydrogen) atoms. The van der Waals surface area contributed by atoms with Crippen molar-refractivity contribution in [3.63, 3.8) is 0 Å². The first-order valence-corrected chi connectivity index (χ1v) is 3.90. The van der Waals surface area contributed by atoms with Crippen molar-refractivity contribution >= 4 is 11.8 Å². The van der Waals surface area contributed by atoms with Crippen LogP contribution < -0.4 is 4.90 Å². The fourth-order valence-corrected chi connectivity index (χ4v) is 0.946. The van der Waals surface area contributed by atoms with Gasteiger partial charge in [-0.15, -0.1) is 6.42 Å². The average molecular weight is 191 g/mol. The molecule has 0 saturated carbocycles. The Morgan fingerprint density at radius 3 is 2.93 bits per heavy atom. The quantitative estimate of drug-likeness (QED) is 0.678.